The molecule has 2 saturated heterocycles. The second-order valence-corrected chi connectivity index (χ2v) is 18.8. The predicted molar refractivity (Wildman–Crippen MR) is 236 cm³/mol. The normalized spacial score (nSPS) is 39.4. The van der Waals surface area contributed by atoms with Gasteiger partial charge in [-0.2, -0.15) is 0 Å². The number of esters is 1. The maximum Gasteiger partial charge on any atom is 0.329 e. The lowest BCUT2D eigenvalue weighted by Crippen LogP contribution is -2.61. The van der Waals surface area contributed by atoms with E-state index >= 15 is 0 Å². The van der Waals surface area contributed by atoms with Gasteiger partial charge in [0.15, 0.2) is 5.78 Å². The summed E-state index contributed by atoms with van der Waals surface area (Å²) in [6.07, 6.45) is 12.0. The molecule has 14 heteroatoms. The van der Waals surface area contributed by atoms with E-state index in [1.54, 1.807) is 41.1 Å². The highest BCUT2D eigenvalue weighted by atomic mass is 16.6. The lowest BCUT2D eigenvalue weighted by molar-refractivity contribution is -0.266. The largest absolute Gasteiger partial charge is 0.460 e. The molecule has 4 rings (SSSR count). The van der Waals surface area contributed by atoms with Gasteiger partial charge in [0, 0.05) is 52.0 Å². The molecule has 3 fully saturated rings. The van der Waals surface area contributed by atoms with Gasteiger partial charge in [-0.15, -0.1) is 0 Å². The molecule has 0 aromatic carbocycles. The number of methoxy groups -OCH3 is 3. The van der Waals surface area contributed by atoms with Crippen LogP contribution in [0.15, 0.2) is 36.0 Å². The van der Waals surface area contributed by atoms with Crippen molar-refractivity contribution < 1.29 is 63.0 Å². The van der Waals surface area contributed by atoms with Gasteiger partial charge in [-0.05, 0) is 114 Å². The molecule has 4 aliphatic rings. The van der Waals surface area contributed by atoms with Crippen LogP contribution in [0, 0.1) is 29.6 Å². The zero-order chi connectivity index (χ0) is 46.4. The van der Waals surface area contributed by atoms with Crippen LogP contribution in [-0.4, -0.2) is 132 Å². The van der Waals surface area contributed by atoms with E-state index in [0.717, 1.165) is 6.42 Å². The van der Waals surface area contributed by atoms with Crippen LogP contribution in [0.1, 0.15) is 131 Å². The number of fused-ring (bicyclic) bond motifs is 3. The summed E-state index contributed by atoms with van der Waals surface area (Å²) in [5.41, 5.74) is 0.395. The number of hydrogen-bond acceptors (Lipinski definition) is 13. The Bertz CT molecular complexity index is 1630. The molecule has 2 bridgehead atoms. The molecule has 1 amide bonds. The highest BCUT2D eigenvalue weighted by molar-refractivity contribution is 6.39. The van der Waals surface area contributed by atoms with Crippen LogP contribution in [0.3, 0.4) is 0 Å². The first-order chi connectivity index (χ1) is 29.9. The first kappa shape index (κ1) is 52.5. The third-order valence-electron chi connectivity index (χ3n) is 14.1. The molecular formula is C49H77NO13. The number of allylic oxidation sites excluding steroid dienone is 5. The van der Waals surface area contributed by atoms with Gasteiger partial charge in [0.1, 0.15) is 30.1 Å². The monoisotopic (exact) mass is 888 g/mol. The number of ketones is 3. The van der Waals surface area contributed by atoms with Crippen molar-refractivity contribution in [2.24, 2.45) is 29.6 Å². The van der Waals surface area contributed by atoms with Gasteiger partial charge in [-0.25, -0.2) is 4.79 Å². The van der Waals surface area contributed by atoms with Gasteiger partial charge < -0.3 is 43.9 Å². The van der Waals surface area contributed by atoms with E-state index in [4.69, 9.17) is 23.7 Å². The molecule has 0 unspecified atom stereocenters. The Hall–Kier alpha value is -3.11. The predicted octanol–water partition coefficient (Wildman–Crippen LogP) is 5.77. The number of aliphatic hydroxyl groups excluding tert-OH is 2. The van der Waals surface area contributed by atoms with E-state index < -0.39 is 77.8 Å². The Balaban J connectivity index is 1.66. The number of piperidine rings is 1. The van der Waals surface area contributed by atoms with Gasteiger partial charge in [-0.1, -0.05) is 58.1 Å². The molecule has 0 spiro atoms. The van der Waals surface area contributed by atoms with Crippen LogP contribution >= 0.6 is 0 Å². The Labute approximate surface area is 375 Å². The molecule has 3 heterocycles. The number of ether oxygens (including phenoxy) is 5. The topological polar surface area (TPSA) is 195 Å². The number of hydrogen-bond donors (Lipinski definition) is 3. The Morgan fingerprint density at radius 3 is 2.22 bits per heavy atom. The standard InChI is InChI=1S/C49H77NO13/c1-30-17-13-11-9-10-12-14-18-36(59-6)28-37-22-20-34(5)49(58,63-37)46(55)47(56)50-24-16-15-19-38(50)48(57)62-41(32(3)26-35-21-23-39(51)42(27-35)60-7)29-40(52)31(2)25-33(4)44(54)45(61-8)43(30)53/h9-12,25,30-32,34-39,41-42,44-45,51,54,58H,13-24,26-29H2,1-8H3/b11-9+,12-10+,33-25+/t30-,31-,32-,34-,35-,36-,37+,38+,39-,41+,42-,44-,45+,49-/m1/s1. The second kappa shape index (κ2) is 25.0. The van der Waals surface area contributed by atoms with E-state index in [-0.39, 0.29) is 55.0 Å². The minimum atomic E-state index is -2.39. The summed E-state index contributed by atoms with van der Waals surface area (Å²) in [5, 5.41) is 33.7. The third-order valence-corrected chi connectivity index (χ3v) is 14.1. The van der Waals surface area contributed by atoms with Gasteiger partial charge in [0.25, 0.3) is 11.7 Å². The quantitative estimate of drug-likeness (QED) is 0.166. The average Bonchev–Trinajstić information content (AvgIpc) is 3.27. The molecule has 0 aromatic heterocycles. The minimum Gasteiger partial charge on any atom is -0.460 e. The molecule has 63 heavy (non-hydrogen) atoms. The first-order valence-electron chi connectivity index (χ1n) is 23.4. The van der Waals surface area contributed by atoms with Crippen LogP contribution in [0.4, 0.5) is 0 Å². The number of carbonyl (C=O) groups is 5. The average molecular weight is 888 g/mol. The fourth-order valence-electron chi connectivity index (χ4n) is 9.77. The summed E-state index contributed by atoms with van der Waals surface area (Å²) < 4.78 is 29.2. The van der Waals surface area contributed by atoms with Gasteiger partial charge in [0.2, 0.25) is 5.79 Å². The summed E-state index contributed by atoms with van der Waals surface area (Å²) in [7, 11) is 4.55. The van der Waals surface area contributed by atoms with Crippen molar-refractivity contribution in [3.8, 4) is 0 Å². The van der Waals surface area contributed by atoms with Crippen molar-refractivity contribution in [1.82, 2.24) is 4.90 Å². The Morgan fingerprint density at radius 2 is 1.56 bits per heavy atom. The molecule has 0 radical (unpaired) electrons. The summed E-state index contributed by atoms with van der Waals surface area (Å²) in [6, 6.07) is -1.13. The molecule has 14 atom stereocenters. The summed E-state index contributed by atoms with van der Waals surface area (Å²) in [5.74, 6) is -7.80. The smallest absolute Gasteiger partial charge is 0.329 e. The number of nitrogens with zero attached hydrogens (tertiary/aromatic N) is 1. The highest BCUT2D eigenvalue weighted by Crippen LogP contribution is 2.37. The molecule has 1 saturated carbocycles. The number of carbonyl (C=O) groups excluding carboxylic acids is 5. The van der Waals surface area contributed by atoms with Gasteiger partial charge in [-0.3, -0.25) is 19.2 Å². The first-order valence-corrected chi connectivity index (χ1v) is 23.4. The number of rotatable bonds is 6. The zero-order valence-corrected chi connectivity index (χ0v) is 39.1. The van der Waals surface area contributed by atoms with Crippen LogP contribution in [0.2, 0.25) is 0 Å². The van der Waals surface area contributed by atoms with Crippen molar-refractivity contribution in [1.29, 1.82) is 0 Å². The number of amides is 1. The van der Waals surface area contributed by atoms with Crippen molar-refractivity contribution in [2.75, 3.05) is 27.9 Å². The molecule has 3 N–H and O–H groups in total. The Kier molecular flexibility index (Phi) is 20.8. The van der Waals surface area contributed by atoms with Crippen LogP contribution in [0.25, 0.3) is 0 Å². The third kappa shape index (κ3) is 14.2. The number of Topliss-reactive ketones (excluding diaryl/α,β-unsaturated/α-hetero) is 3. The van der Waals surface area contributed by atoms with E-state index in [0.29, 0.717) is 82.6 Å². The van der Waals surface area contributed by atoms with Crippen molar-refractivity contribution >= 4 is 29.2 Å². The SMILES string of the molecule is CO[C@@H]1CC/C=C/C=C/CC[C@@H](C)C(=O)[C@H](OC)[C@H](O)/C(C)=C/[C@@H](C)C(=O)C[C@@H]([C@H](C)C[C@H]2CC[C@@H](O)[C@H](OC)C2)OC(=O)[C@@H]2CCCCN2C(=O)C(=O)[C@]2(O)O[C@@H](CC[C@H]2C)C1. The zero-order valence-electron chi connectivity index (χ0n) is 39.1. The van der Waals surface area contributed by atoms with E-state index in [1.807, 2.05) is 38.2 Å². The van der Waals surface area contributed by atoms with Crippen molar-refractivity contribution in [3.05, 3.63) is 36.0 Å². The van der Waals surface area contributed by atoms with E-state index in [9.17, 15) is 39.3 Å². The molecule has 356 valence electrons. The molecule has 0 aromatic rings. The minimum absolute atomic E-state index is 0.0990. The van der Waals surface area contributed by atoms with Gasteiger partial charge in [0.05, 0.1) is 24.4 Å². The molecule has 1 aliphatic carbocycles. The van der Waals surface area contributed by atoms with Crippen LogP contribution in [0.5, 0.6) is 0 Å². The van der Waals surface area contributed by atoms with Crippen molar-refractivity contribution in [2.45, 2.75) is 185 Å². The highest BCUT2D eigenvalue weighted by Gasteiger charge is 2.53. The fraction of sp³-hybridized carbons (Fsp3) is 0.776. The van der Waals surface area contributed by atoms with E-state index in [1.165, 1.54) is 12.0 Å². The molecule has 3 aliphatic heterocycles. The maximum atomic E-state index is 14.3. The number of cyclic esters (lactones) is 1. The van der Waals surface area contributed by atoms with Crippen LogP contribution < -0.4 is 0 Å². The summed E-state index contributed by atoms with van der Waals surface area (Å²) >= 11 is 0. The lowest BCUT2D eigenvalue weighted by Gasteiger charge is -2.42. The van der Waals surface area contributed by atoms with Crippen molar-refractivity contribution in [3.63, 3.8) is 0 Å². The summed E-state index contributed by atoms with van der Waals surface area (Å²) in [4.78, 5) is 71.4. The molecule has 14 nitrogen and oxygen atoms in total. The molecular weight excluding hydrogens is 811 g/mol. The Morgan fingerprint density at radius 1 is 0.857 bits per heavy atom. The van der Waals surface area contributed by atoms with Crippen LogP contribution in [-0.2, 0) is 47.7 Å². The van der Waals surface area contributed by atoms with Gasteiger partial charge >= 0.3 is 5.97 Å². The lowest BCUT2D eigenvalue weighted by atomic mass is 9.78. The summed E-state index contributed by atoms with van der Waals surface area (Å²) in [6.45, 7) is 8.84. The number of aliphatic hydroxyl groups is 3. The second-order valence-electron chi connectivity index (χ2n) is 18.8. The maximum absolute atomic E-state index is 14.3. The van der Waals surface area contributed by atoms with E-state index in [2.05, 4.69) is 0 Å². The fourth-order valence-corrected chi connectivity index (χ4v) is 9.77.